The molecule has 80 valence electrons. The van der Waals surface area contributed by atoms with Crippen LogP contribution in [0.2, 0.25) is 0 Å². The first-order valence-corrected chi connectivity index (χ1v) is 6.42. The van der Waals surface area contributed by atoms with Crippen molar-refractivity contribution in [3.63, 3.8) is 0 Å². The molecule has 0 amide bonds. The molecule has 2 nitrogen and oxygen atoms in total. The van der Waals surface area contributed by atoms with E-state index in [0.717, 1.165) is 11.8 Å². The minimum atomic E-state index is 0.370. The Morgan fingerprint density at radius 2 is 1.21 bits per heavy atom. The fraction of sp³-hybridized carbons (Fsp3) is 1.00. The zero-order valence-electron chi connectivity index (χ0n) is 9.02. The molecule has 0 bridgehead atoms. The monoisotopic (exact) mass is 194 g/mol. The van der Waals surface area contributed by atoms with Crippen molar-refractivity contribution in [2.45, 2.75) is 50.6 Å². The van der Waals surface area contributed by atoms with Gasteiger partial charge < -0.3 is 0 Å². The Hall–Kier alpha value is -0.0800. The molecule has 3 aliphatic rings. The number of piperidine rings is 2. The van der Waals surface area contributed by atoms with E-state index in [1.165, 1.54) is 58.0 Å². The molecule has 0 aromatic carbocycles. The number of hydrogen-bond donors (Lipinski definition) is 2. The molecule has 3 fully saturated rings. The summed E-state index contributed by atoms with van der Waals surface area (Å²) in [5.74, 6) is 1.85. The van der Waals surface area contributed by atoms with E-state index in [1.54, 1.807) is 0 Å². The van der Waals surface area contributed by atoms with E-state index in [2.05, 4.69) is 10.6 Å². The molecule has 2 aliphatic heterocycles. The summed E-state index contributed by atoms with van der Waals surface area (Å²) in [6.45, 7) is 2.47. The third-order valence-electron chi connectivity index (χ3n) is 4.69. The maximum atomic E-state index is 3.83. The Morgan fingerprint density at radius 1 is 0.714 bits per heavy atom. The smallest absolute Gasteiger partial charge is 0.0745 e. The molecular weight excluding hydrogens is 172 g/mol. The molecule has 3 rings (SSSR count). The second kappa shape index (κ2) is 3.49. The number of rotatable bonds is 0. The third-order valence-corrected chi connectivity index (χ3v) is 4.69. The Kier molecular flexibility index (Phi) is 2.29. The lowest BCUT2D eigenvalue weighted by atomic mass is 9.65. The van der Waals surface area contributed by atoms with Crippen LogP contribution in [0.1, 0.15) is 44.9 Å². The lowest BCUT2D eigenvalue weighted by Gasteiger charge is -2.55. The zero-order valence-corrected chi connectivity index (χ0v) is 9.02. The Bertz CT molecular complexity index is 188. The van der Waals surface area contributed by atoms with Crippen molar-refractivity contribution in [1.29, 1.82) is 0 Å². The first-order valence-electron chi connectivity index (χ1n) is 6.42. The lowest BCUT2D eigenvalue weighted by molar-refractivity contribution is -0.0100. The van der Waals surface area contributed by atoms with Crippen LogP contribution in [0.15, 0.2) is 0 Å². The fourth-order valence-corrected chi connectivity index (χ4v) is 4.07. The predicted octanol–water partition coefficient (Wildman–Crippen LogP) is 1.87. The van der Waals surface area contributed by atoms with Gasteiger partial charge in [0.1, 0.15) is 0 Å². The highest BCUT2D eigenvalue weighted by Crippen LogP contribution is 2.44. The van der Waals surface area contributed by atoms with E-state index in [-0.39, 0.29) is 0 Å². The van der Waals surface area contributed by atoms with E-state index < -0.39 is 0 Å². The highest BCUT2D eigenvalue weighted by Gasteiger charge is 2.49. The van der Waals surface area contributed by atoms with Crippen molar-refractivity contribution < 1.29 is 0 Å². The normalized spacial score (nSPS) is 48.0. The van der Waals surface area contributed by atoms with Gasteiger partial charge in [-0.3, -0.25) is 10.6 Å². The molecule has 0 aromatic rings. The van der Waals surface area contributed by atoms with E-state index in [4.69, 9.17) is 0 Å². The van der Waals surface area contributed by atoms with Crippen LogP contribution in [-0.2, 0) is 0 Å². The van der Waals surface area contributed by atoms with Crippen LogP contribution < -0.4 is 10.6 Å². The van der Waals surface area contributed by atoms with Crippen LogP contribution in [0.25, 0.3) is 0 Å². The molecular formula is C12H22N2. The average molecular weight is 194 g/mol. The van der Waals surface area contributed by atoms with Gasteiger partial charge in [0.15, 0.2) is 0 Å². The zero-order chi connectivity index (χ0) is 9.43. The minimum absolute atomic E-state index is 0.370. The molecule has 2 N–H and O–H groups in total. The van der Waals surface area contributed by atoms with Gasteiger partial charge in [-0.05, 0) is 63.5 Å². The first kappa shape index (κ1) is 9.17. The highest BCUT2D eigenvalue weighted by atomic mass is 15.2. The molecule has 14 heavy (non-hydrogen) atoms. The van der Waals surface area contributed by atoms with Gasteiger partial charge in [-0.2, -0.15) is 0 Å². The molecule has 2 heteroatoms. The molecule has 2 atom stereocenters. The first-order chi connectivity index (χ1) is 6.92. The number of hydrogen-bond acceptors (Lipinski definition) is 2. The Balaban J connectivity index is 1.87. The molecule has 1 spiro atoms. The molecule has 1 saturated carbocycles. The van der Waals surface area contributed by atoms with Crippen molar-refractivity contribution >= 4 is 0 Å². The summed E-state index contributed by atoms with van der Waals surface area (Å²) in [6.07, 6.45) is 10.1. The quantitative estimate of drug-likeness (QED) is 0.615. The van der Waals surface area contributed by atoms with Crippen molar-refractivity contribution in [2.75, 3.05) is 13.1 Å². The van der Waals surface area contributed by atoms with Crippen LogP contribution in [-0.4, -0.2) is 18.8 Å². The molecule has 2 unspecified atom stereocenters. The van der Waals surface area contributed by atoms with Gasteiger partial charge in [-0.1, -0.05) is 6.42 Å². The number of nitrogens with one attached hydrogen (secondary N) is 2. The van der Waals surface area contributed by atoms with Gasteiger partial charge in [-0.25, -0.2) is 0 Å². The minimum Gasteiger partial charge on any atom is -0.299 e. The summed E-state index contributed by atoms with van der Waals surface area (Å²) in [6, 6.07) is 0. The van der Waals surface area contributed by atoms with Crippen LogP contribution >= 0.6 is 0 Å². The molecule has 0 aromatic heterocycles. The van der Waals surface area contributed by atoms with Crippen molar-refractivity contribution in [3.8, 4) is 0 Å². The molecule has 1 aliphatic carbocycles. The van der Waals surface area contributed by atoms with Crippen molar-refractivity contribution in [2.24, 2.45) is 11.8 Å². The molecule has 2 heterocycles. The second-order valence-corrected chi connectivity index (χ2v) is 5.33. The van der Waals surface area contributed by atoms with Gasteiger partial charge in [-0.15, -0.1) is 0 Å². The van der Waals surface area contributed by atoms with Crippen LogP contribution in [0.3, 0.4) is 0 Å². The highest BCUT2D eigenvalue weighted by molar-refractivity contribution is 5.04. The van der Waals surface area contributed by atoms with Crippen LogP contribution in [0.5, 0.6) is 0 Å². The van der Waals surface area contributed by atoms with Gasteiger partial charge in [0.05, 0.1) is 5.66 Å². The summed E-state index contributed by atoms with van der Waals surface area (Å²) >= 11 is 0. The van der Waals surface area contributed by atoms with Gasteiger partial charge >= 0.3 is 0 Å². The Labute approximate surface area is 86.8 Å². The largest absolute Gasteiger partial charge is 0.299 e. The van der Waals surface area contributed by atoms with E-state index in [9.17, 15) is 0 Å². The SMILES string of the molecule is C1CNC23NCCCC2CCCC3C1. The van der Waals surface area contributed by atoms with Gasteiger partial charge in [0.2, 0.25) is 0 Å². The molecule has 0 radical (unpaired) electrons. The topological polar surface area (TPSA) is 24.1 Å². The summed E-state index contributed by atoms with van der Waals surface area (Å²) in [4.78, 5) is 0. The predicted molar refractivity (Wildman–Crippen MR) is 58.0 cm³/mol. The standard InChI is InChI=1S/C12H22N2/c1-4-10-6-2-8-13-12(10)11(5-1)7-3-9-14-12/h10-11,13-14H,1-9H2. The van der Waals surface area contributed by atoms with Gasteiger partial charge in [0, 0.05) is 0 Å². The van der Waals surface area contributed by atoms with Crippen molar-refractivity contribution in [1.82, 2.24) is 10.6 Å². The van der Waals surface area contributed by atoms with Gasteiger partial charge in [0.25, 0.3) is 0 Å². The maximum absolute atomic E-state index is 3.83. The van der Waals surface area contributed by atoms with E-state index >= 15 is 0 Å². The van der Waals surface area contributed by atoms with E-state index in [0.29, 0.717) is 5.66 Å². The Morgan fingerprint density at radius 3 is 1.79 bits per heavy atom. The third kappa shape index (κ3) is 1.24. The molecule has 2 saturated heterocycles. The van der Waals surface area contributed by atoms with Crippen LogP contribution in [0, 0.1) is 11.8 Å². The summed E-state index contributed by atoms with van der Waals surface area (Å²) in [5.41, 5.74) is 0.370. The van der Waals surface area contributed by atoms with Crippen molar-refractivity contribution in [3.05, 3.63) is 0 Å². The fourth-order valence-electron chi connectivity index (χ4n) is 4.07. The summed E-state index contributed by atoms with van der Waals surface area (Å²) < 4.78 is 0. The lowest BCUT2D eigenvalue weighted by Crippen LogP contribution is -2.71. The maximum Gasteiger partial charge on any atom is 0.0745 e. The summed E-state index contributed by atoms with van der Waals surface area (Å²) in [5, 5.41) is 7.65. The summed E-state index contributed by atoms with van der Waals surface area (Å²) in [7, 11) is 0. The second-order valence-electron chi connectivity index (χ2n) is 5.33. The van der Waals surface area contributed by atoms with E-state index in [1.807, 2.05) is 0 Å². The van der Waals surface area contributed by atoms with Crippen LogP contribution in [0.4, 0.5) is 0 Å². The average Bonchev–Trinajstić information content (AvgIpc) is 2.26.